The van der Waals surface area contributed by atoms with Crippen LogP contribution in [0.3, 0.4) is 0 Å². The number of halogens is 1. The Kier molecular flexibility index (Phi) is 3.84. The summed E-state index contributed by atoms with van der Waals surface area (Å²) in [5, 5.41) is 0. The third-order valence-electron chi connectivity index (χ3n) is 3.32. The summed E-state index contributed by atoms with van der Waals surface area (Å²) in [5.74, 6) is 1.74. The van der Waals surface area contributed by atoms with E-state index in [9.17, 15) is 0 Å². The molecular formula is C17H14ClNO. The highest BCUT2D eigenvalue weighted by Crippen LogP contribution is 2.39. The lowest BCUT2D eigenvalue weighted by Gasteiger charge is -2.25. The Balaban J connectivity index is 2.16. The molecule has 3 aliphatic rings. The molecule has 0 aromatic carbocycles. The molecule has 0 aromatic rings. The number of fused-ring (bicyclic) bond motifs is 1. The second-order valence-electron chi connectivity index (χ2n) is 4.54. The minimum absolute atomic E-state index is 0.823. The van der Waals surface area contributed by atoms with Crippen molar-refractivity contribution in [1.29, 1.82) is 0 Å². The van der Waals surface area contributed by atoms with Gasteiger partial charge in [-0.05, 0) is 25.0 Å². The highest BCUT2D eigenvalue weighted by atomic mass is 35.5. The number of nitrogens with zero attached hydrogens (tertiary/aromatic N) is 1. The van der Waals surface area contributed by atoms with Gasteiger partial charge < -0.3 is 4.74 Å². The van der Waals surface area contributed by atoms with Crippen LogP contribution in [0.25, 0.3) is 0 Å². The van der Waals surface area contributed by atoms with Gasteiger partial charge in [-0.2, -0.15) is 0 Å². The van der Waals surface area contributed by atoms with E-state index in [4.69, 9.17) is 16.3 Å². The largest absolute Gasteiger partial charge is 0.456 e. The third kappa shape index (κ3) is 2.47. The van der Waals surface area contributed by atoms with Crippen LogP contribution in [0.4, 0.5) is 0 Å². The first kappa shape index (κ1) is 12.9. The molecule has 0 bridgehead atoms. The van der Waals surface area contributed by atoms with Crippen LogP contribution >= 0.6 is 11.6 Å². The predicted octanol–water partition coefficient (Wildman–Crippen LogP) is 4.71. The van der Waals surface area contributed by atoms with Gasteiger partial charge in [0.2, 0.25) is 0 Å². The van der Waals surface area contributed by atoms with E-state index in [1.54, 1.807) is 0 Å². The summed E-state index contributed by atoms with van der Waals surface area (Å²) in [7, 11) is 0. The lowest BCUT2D eigenvalue weighted by Crippen LogP contribution is -2.10. The number of ether oxygens (including phenoxy) is 1. The molecule has 0 N–H and O–H groups in total. The Hall–Kier alpha value is -2.06. The third-order valence-corrected chi connectivity index (χ3v) is 3.43. The smallest absolute Gasteiger partial charge is 0.135 e. The molecule has 0 spiro atoms. The van der Waals surface area contributed by atoms with E-state index in [1.807, 2.05) is 36.6 Å². The van der Waals surface area contributed by atoms with Crippen LogP contribution in [0.2, 0.25) is 0 Å². The number of allylic oxidation sites excluding steroid dienone is 10. The zero-order valence-corrected chi connectivity index (χ0v) is 11.7. The quantitative estimate of drug-likeness (QED) is 0.639. The summed E-state index contributed by atoms with van der Waals surface area (Å²) >= 11 is 5.58. The SMILES string of the molecule is Cl/C=N/C=C1/C2=CCC=CC=C2OC2=C1CC=CC=C2. The van der Waals surface area contributed by atoms with E-state index in [-0.39, 0.29) is 0 Å². The fourth-order valence-electron chi connectivity index (χ4n) is 2.42. The van der Waals surface area contributed by atoms with E-state index in [2.05, 4.69) is 23.2 Å². The summed E-state index contributed by atoms with van der Waals surface area (Å²) < 4.78 is 6.03. The second kappa shape index (κ2) is 5.93. The Morgan fingerprint density at radius 3 is 3.05 bits per heavy atom. The molecule has 0 aromatic heterocycles. The molecule has 0 unspecified atom stereocenters. The van der Waals surface area contributed by atoms with Gasteiger partial charge >= 0.3 is 0 Å². The molecule has 0 fully saturated rings. The molecule has 1 aliphatic heterocycles. The summed E-state index contributed by atoms with van der Waals surface area (Å²) in [4.78, 5) is 4.09. The maximum atomic E-state index is 6.03. The Morgan fingerprint density at radius 1 is 1.20 bits per heavy atom. The van der Waals surface area contributed by atoms with Gasteiger partial charge in [-0.1, -0.05) is 48.1 Å². The lowest BCUT2D eigenvalue weighted by molar-refractivity contribution is 0.318. The first-order chi connectivity index (χ1) is 9.90. The van der Waals surface area contributed by atoms with Gasteiger partial charge in [-0.15, -0.1) is 0 Å². The molecular weight excluding hydrogens is 270 g/mol. The average Bonchev–Trinajstić information content (AvgIpc) is 2.83. The van der Waals surface area contributed by atoms with Gasteiger partial charge in [-0.3, -0.25) is 4.99 Å². The topological polar surface area (TPSA) is 21.6 Å². The van der Waals surface area contributed by atoms with Crippen molar-refractivity contribution in [2.45, 2.75) is 12.8 Å². The van der Waals surface area contributed by atoms with Crippen molar-refractivity contribution < 1.29 is 4.74 Å². The monoisotopic (exact) mass is 283 g/mol. The standard InChI is InChI=1S/C17H14ClNO/c18-12-19-11-15-13-7-3-1-5-9-16(13)20-17-10-6-2-4-8-14(15)17/h1-3,5-6,8-12H,4,7H2/b15-11+,19-12+. The Labute approximate surface area is 123 Å². The van der Waals surface area contributed by atoms with Gasteiger partial charge in [-0.25, -0.2) is 0 Å². The van der Waals surface area contributed by atoms with Gasteiger partial charge in [0.15, 0.2) is 0 Å². The zero-order valence-electron chi connectivity index (χ0n) is 10.9. The molecule has 2 aliphatic carbocycles. The Morgan fingerprint density at radius 2 is 2.15 bits per heavy atom. The number of aliphatic imine (C=N–C) groups is 1. The maximum absolute atomic E-state index is 6.03. The molecule has 1 heterocycles. The molecule has 0 atom stereocenters. The Bertz CT molecular complexity index is 654. The molecule has 0 saturated carbocycles. The summed E-state index contributed by atoms with van der Waals surface area (Å²) in [6.07, 6.45) is 19.9. The van der Waals surface area contributed by atoms with Gasteiger partial charge in [0.25, 0.3) is 0 Å². The molecule has 0 amide bonds. The van der Waals surface area contributed by atoms with Crippen LogP contribution in [0, 0.1) is 0 Å². The normalized spacial score (nSPS) is 22.9. The van der Waals surface area contributed by atoms with Crippen molar-refractivity contribution in [2.24, 2.45) is 4.99 Å². The van der Waals surface area contributed by atoms with Crippen LogP contribution in [0.1, 0.15) is 12.8 Å². The fourth-order valence-corrected chi connectivity index (χ4v) is 2.48. The van der Waals surface area contributed by atoms with E-state index in [1.165, 1.54) is 5.67 Å². The van der Waals surface area contributed by atoms with Crippen molar-refractivity contribution in [3.63, 3.8) is 0 Å². The molecule has 100 valence electrons. The van der Waals surface area contributed by atoms with Crippen molar-refractivity contribution in [2.75, 3.05) is 0 Å². The summed E-state index contributed by atoms with van der Waals surface area (Å²) in [5.41, 5.74) is 4.58. The van der Waals surface area contributed by atoms with Gasteiger partial charge in [0, 0.05) is 22.9 Å². The van der Waals surface area contributed by atoms with E-state index >= 15 is 0 Å². The van der Waals surface area contributed by atoms with E-state index in [0.717, 1.165) is 41.1 Å². The molecule has 3 heteroatoms. The highest BCUT2D eigenvalue weighted by molar-refractivity contribution is 6.56. The van der Waals surface area contributed by atoms with E-state index < -0.39 is 0 Å². The van der Waals surface area contributed by atoms with Crippen LogP contribution in [0.5, 0.6) is 0 Å². The first-order valence-electron chi connectivity index (χ1n) is 6.54. The summed E-state index contributed by atoms with van der Waals surface area (Å²) in [6.45, 7) is 0. The van der Waals surface area contributed by atoms with Gasteiger partial charge in [0.05, 0.1) is 5.67 Å². The number of hydrogen-bond donors (Lipinski definition) is 0. The van der Waals surface area contributed by atoms with Crippen LogP contribution < -0.4 is 0 Å². The van der Waals surface area contributed by atoms with Gasteiger partial charge in [0.1, 0.15) is 11.5 Å². The van der Waals surface area contributed by atoms with Crippen molar-refractivity contribution in [3.8, 4) is 0 Å². The molecule has 0 saturated heterocycles. The number of hydrogen-bond acceptors (Lipinski definition) is 2. The maximum Gasteiger partial charge on any atom is 0.135 e. The zero-order chi connectivity index (χ0) is 13.8. The minimum atomic E-state index is 0.823. The molecule has 0 radical (unpaired) electrons. The van der Waals surface area contributed by atoms with E-state index in [0.29, 0.717) is 0 Å². The second-order valence-corrected chi connectivity index (χ2v) is 4.73. The van der Waals surface area contributed by atoms with Crippen LogP contribution in [0.15, 0.2) is 88.0 Å². The minimum Gasteiger partial charge on any atom is -0.456 e. The molecule has 20 heavy (non-hydrogen) atoms. The first-order valence-corrected chi connectivity index (χ1v) is 6.98. The predicted molar refractivity (Wildman–Crippen MR) is 83.4 cm³/mol. The highest BCUT2D eigenvalue weighted by Gasteiger charge is 2.25. The van der Waals surface area contributed by atoms with Crippen molar-refractivity contribution >= 4 is 17.3 Å². The van der Waals surface area contributed by atoms with Crippen LogP contribution in [-0.4, -0.2) is 5.67 Å². The number of rotatable bonds is 1. The van der Waals surface area contributed by atoms with Crippen molar-refractivity contribution in [3.05, 3.63) is 83.0 Å². The fraction of sp³-hybridized carbons (Fsp3) is 0.118. The molecule has 2 nitrogen and oxygen atoms in total. The average molecular weight is 284 g/mol. The summed E-state index contributed by atoms with van der Waals surface area (Å²) in [6, 6.07) is 0. The van der Waals surface area contributed by atoms with Crippen LogP contribution in [-0.2, 0) is 4.74 Å². The molecule has 3 rings (SSSR count). The van der Waals surface area contributed by atoms with Crippen molar-refractivity contribution in [1.82, 2.24) is 0 Å². The lowest BCUT2D eigenvalue weighted by atomic mass is 9.91.